The highest BCUT2D eigenvalue weighted by Crippen LogP contribution is 2.26. The van der Waals surface area contributed by atoms with E-state index in [4.69, 9.17) is 0 Å². The number of carbonyl (C=O) groups excluding carboxylic acids is 1. The fourth-order valence-electron chi connectivity index (χ4n) is 2.79. The Morgan fingerprint density at radius 1 is 1.08 bits per heavy atom. The molecular weight excluding hydrogens is 330 g/mol. The number of thiophene rings is 1. The number of aryl methyl sites for hydroxylation is 1. The van der Waals surface area contributed by atoms with Gasteiger partial charge >= 0.3 is 0 Å². The first-order chi connectivity index (χ1) is 12.2. The molecule has 0 radical (unpaired) electrons. The van der Waals surface area contributed by atoms with E-state index in [1.807, 2.05) is 66.2 Å². The highest BCUT2D eigenvalue weighted by Gasteiger charge is 2.14. The van der Waals surface area contributed by atoms with Gasteiger partial charge < -0.3 is 5.32 Å². The maximum absolute atomic E-state index is 12.7. The molecule has 5 heteroatoms. The lowest BCUT2D eigenvalue weighted by atomic mass is 10.2. The Morgan fingerprint density at radius 3 is 2.64 bits per heavy atom. The van der Waals surface area contributed by atoms with Crippen molar-refractivity contribution in [2.45, 2.75) is 13.5 Å². The minimum absolute atomic E-state index is 0.101. The zero-order valence-corrected chi connectivity index (χ0v) is 14.6. The van der Waals surface area contributed by atoms with Gasteiger partial charge in [0.25, 0.3) is 5.91 Å². The van der Waals surface area contributed by atoms with Crippen LogP contribution in [0, 0.1) is 6.92 Å². The molecule has 124 valence electrons. The smallest absolute Gasteiger partial charge is 0.266 e. The lowest BCUT2D eigenvalue weighted by molar-refractivity contribution is 0.102. The Bertz CT molecular complexity index is 1000. The minimum atomic E-state index is -0.101. The number of anilines is 1. The number of benzene rings is 2. The molecule has 4 aromatic rings. The summed E-state index contributed by atoms with van der Waals surface area (Å²) in [4.78, 5) is 13.4. The number of aromatic nitrogens is 2. The Kier molecular flexibility index (Phi) is 4.07. The van der Waals surface area contributed by atoms with Gasteiger partial charge in [-0.05, 0) is 30.0 Å². The fraction of sp³-hybridized carbons (Fsp3) is 0.100. The van der Waals surface area contributed by atoms with Crippen LogP contribution in [0.2, 0.25) is 0 Å². The molecule has 0 bridgehead atoms. The van der Waals surface area contributed by atoms with Crippen molar-refractivity contribution in [2.75, 3.05) is 5.32 Å². The van der Waals surface area contributed by atoms with E-state index < -0.39 is 0 Å². The summed E-state index contributed by atoms with van der Waals surface area (Å²) in [6, 6.07) is 21.9. The van der Waals surface area contributed by atoms with Gasteiger partial charge in [0.2, 0.25) is 0 Å². The van der Waals surface area contributed by atoms with Gasteiger partial charge in [-0.15, -0.1) is 11.3 Å². The molecule has 2 aromatic heterocycles. The molecule has 4 rings (SSSR count). The topological polar surface area (TPSA) is 46.9 Å². The number of hydrogen-bond acceptors (Lipinski definition) is 3. The number of amides is 1. The SMILES string of the molecule is Cc1cc(NC(=O)c2cc3ccccc3s2)n(Cc2ccccc2)n1. The van der Waals surface area contributed by atoms with Crippen LogP contribution in [0.4, 0.5) is 5.82 Å². The van der Waals surface area contributed by atoms with E-state index in [2.05, 4.69) is 22.5 Å². The van der Waals surface area contributed by atoms with Crippen molar-refractivity contribution in [3.8, 4) is 0 Å². The lowest BCUT2D eigenvalue weighted by Gasteiger charge is -2.08. The molecule has 0 aliphatic rings. The zero-order chi connectivity index (χ0) is 17.2. The van der Waals surface area contributed by atoms with Crippen molar-refractivity contribution in [3.63, 3.8) is 0 Å². The normalized spacial score (nSPS) is 10.9. The van der Waals surface area contributed by atoms with E-state index in [9.17, 15) is 4.79 Å². The third kappa shape index (κ3) is 3.32. The quantitative estimate of drug-likeness (QED) is 0.581. The number of fused-ring (bicyclic) bond motifs is 1. The number of rotatable bonds is 4. The van der Waals surface area contributed by atoms with E-state index in [1.165, 1.54) is 11.3 Å². The van der Waals surface area contributed by atoms with Crippen molar-refractivity contribution >= 4 is 33.1 Å². The average Bonchev–Trinajstić information content (AvgIpc) is 3.19. The standard InChI is InChI=1S/C20H17N3OS/c1-14-11-19(23(22-14)13-15-7-3-2-4-8-15)21-20(24)18-12-16-9-5-6-10-17(16)25-18/h2-12H,13H2,1H3,(H,21,24). The van der Waals surface area contributed by atoms with Gasteiger partial charge in [0, 0.05) is 10.8 Å². The molecule has 4 nitrogen and oxygen atoms in total. The van der Waals surface area contributed by atoms with Crippen molar-refractivity contribution in [3.05, 3.63) is 82.9 Å². The van der Waals surface area contributed by atoms with Crippen LogP contribution >= 0.6 is 11.3 Å². The number of hydrogen-bond donors (Lipinski definition) is 1. The Balaban J connectivity index is 1.58. The van der Waals surface area contributed by atoms with Crippen molar-refractivity contribution < 1.29 is 4.79 Å². The molecular formula is C20H17N3OS. The summed E-state index contributed by atoms with van der Waals surface area (Å²) in [5.41, 5.74) is 2.02. The third-order valence-corrected chi connectivity index (χ3v) is 5.08. The molecule has 0 fully saturated rings. The first-order valence-electron chi connectivity index (χ1n) is 8.07. The maximum atomic E-state index is 12.7. The second kappa shape index (κ2) is 6.53. The average molecular weight is 347 g/mol. The van der Waals surface area contributed by atoms with Crippen LogP contribution in [-0.4, -0.2) is 15.7 Å². The summed E-state index contributed by atoms with van der Waals surface area (Å²) in [6.45, 7) is 2.55. The van der Waals surface area contributed by atoms with Crippen molar-refractivity contribution in [2.24, 2.45) is 0 Å². The number of nitrogens with one attached hydrogen (secondary N) is 1. The Hall–Kier alpha value is -2.92. The van der Waals surface area contributed by atoms with E-state index in [-0.39, 0.29) is 5.91 Å². The number of carbonyl (C=O) groups is 1. The largest absolute Gasteiger partial charge is 0.306 e. The second-order valence-corrected chi connectivity index (χ2v) is 7.00. The van der Waals surface area contributed by atoms with E-state index in [0.29, 0.717) is 17.2 Å². The van der Waals surface area contributed by atoms with E-state index in [1.54, 1.807) is 0 Å². The molecule has 1 amide bonds. The van der Waals surface area contributed by atoms with Crippen LogP contribution in [0.15, 0.2) is 66.7 Å². The Labute approximate surface area is 149 Å². The van der Waals surface area contributed by atoms with Gasteiger partial charge in [-0.2, -0.15) is 5.10 Å². The van der Waals surface area contributed by atoms with Gasteiger partial charge in [-0.1, -0.05) is 48.5 Å². The molecule has 25 heavy (non-hydrogen) atoms. The highest BCUT2D eigenvalue weighted by atomic mass is 32.1. The molecule has 0 unspecified atom stereocenters. The van der Waals surface area contributed by atoms with Gasteiger partial charge in [0.15, 0.2) is 0 Å². The first-order valence-corrected chi connectivity index (χ1v) is 8.89. The predicted molar refractivity (Wildman–Crippen MR) is 102 cm³/mol. The van der Waals surface area contributed by atoms with Crippen LogP contribution in [0.25, 0.3) is 10.1 Å². The molecule has 0 saturated heterocycles. The molecule has 0 aliphatic carbocycles. The molecule has 0 saturated carbocycles. The molecule has 0 atom stereocenters. The molecule has 2 heterocycles. The van der Waals surface area contributed by atoms with Crippen LogP contribution < -0.4 is 5.32 Å². The molecule has 1 N–H and O–H groups in total. The summed E-state index contributed by atoms with van der Waals surface area (Å²) >= 11 is 1.50. The van der Waals surface area contributed by atoms with Crippen molar-refractivity contribution in [1.29, 1.82) is 0 Å². The predicted octanol–water partition coefficient (Wildman–Crippen LogP) is 4.71. The van der Waals surface area contributed by atoms with Gasteiger partial charge in [0.05, 0.1) is 17.1 Å². The zero-order valence-electron chi connectivity index (χ0n) is 13.8. The summed E-state index contributed by atoms with van der Waals surface area (Å²) in [5, 5.41) is 8.59. The summed E-state index contributed by atoms with van der Waals surface area (Å²) < 4.78 is 2.94. The van der Waals surface area contributed by atoms with E-state index in [0.717, 1.165) is 21.3 Å². The fourth-order valence-corrected chi connectivity index (χ4v) is 3.75. The highest BCUT2D eigenvalue weighted by molar-refractivity contribution is 7.20. The first kappa shape index (κ1) is 15.6. The second-order valence-electron chi connectivity index (χ2n) is 5.92. The Morgan fingerprint density at radius 2 is 1.84 bits per heavy atom. The van der Waals surface area contributed by atoms with Gasteiger partial charge in [-0.3, -0.25) is 4.79 Å². The van der Waals surface area contributed by atoms with E-state index >= 15 is 0 Å². The van der Waals surface area contributed by atoms with Crippen LogP contribution in [0.1, 0.15) is 20.9 Å². The molecule has 2 aromatic carbocycles. The third-order valence-electron chi connectivity index (χ3n) is 3.97. The monoisotopic (exact) mass is 347 g/mol. The maximum Gasteiger partial charge on any atom is 0.266 e. The van der Waals surface area contributed by atoms with Crippen LogP contribution in [0.5, 0.6) is 0 Å². The minimum Gasteiger partial charge on any atom is -0.306 e. The lowest BCUT2D eigenvalue weighted by Crippen LogP contribution is -2.15. The number of nitrogens with zero attached hydrogens (tertiary/aromatic N) is 2. The molecule has 0 aliphatic heterocycles. The van der Waals surface area contributed by atoms with Crippen LogP contribution in [-0.2, 0) is 6.54 Å². The van der Waals surface area contributed by atoms with Gasteiger partial charge in [-0.25, -0.2) is 4.68 Å². The summed E-state index contributed by atoms with van der Waals surface area (Å²) in [5.74, 6) is 0.610. The summed E-state index contributed by atoms with van der Waals surface area (Å²) in [7, 11) is 0. The van der Waals surface area contributed by atoms with Gasteiger partial charge in [0.1, 0.15) is 5.82 Å². The van der Waals surface area contributed by atoms with Crippen LogP contribution in [0.3, 0.4) is 0 Å². The van der Waals surface area contributed by atoms with Crippen molar-refractivity contribution in [1.82, 2.24) is 9.78 Å². The molecule has 0 spiro atoms. The summed E-state index contributed by atoms with van der Waals surface area (Å²) in [6.07, 6.45) is 0.